The second kappa shape index (κ2) is 7.47. The molecule has 0 amide bonds. The minimum absolute atomic E-state index is 0.142. The highest BCUT2D eigenvalue weighted by Gasteiger charge is 2.21. The SMILES string of the molecule is CSc1c(NS(=O)(=O)c2cccs2)cc(O)c(O)c1/C=C/C(C)O. The minimum Gasteiger partial charge on any atom is -0.504 e. The summed E-state index contributed by atoms with van der Waals surface area (Å²) in [6.07, 6.45) is 3.82. The summed E-state index contributed by atoms with van der Waals surface area (Å²) in [5.41, 5.74) is 0.378. The summed E-state index contributed by atoms with van der Waals surface area (Å²) in [7, 11) is -3.79. The van der Waals surface area contributed by atoms with Crippen LogP contribution in [0.3, 0.4) is 0 Å². The first-order valence-corrected chi connectivity index (χ1v) is 10.4. The molecule has 0 aliphatic carbocycles. The molecule has 2 aromatic rings. The number of hydrogen-bond acceptors (Lipinski definition) is 7. The molecule has 0 saturated heterocycles. The van der Waals surface area contributed by atoms with E-state index in [9.17, 15) is 23.7 Å². The van der Waals surface area contributed by atoms with Crippen LogP contribution >= 0.6 is 23.1 Å². The van der Waals surface area contributed by atoms with Crippen molar-refractivity contribution in [1.82, 2.24) is 0 Å². The van der Waals surface area contributed by atoms with Crippen molar-refractivity contribution in [3.05, 3.63) is 35.2 Å². The smallest absolute Gasteiger partial charge is 0.271 e. The summed E-state index contributed by atoms with van der Waals surface area (Å²) in [4.78, 5) is 0.433. The van der Waals surface area contributed by atoms with E-state index in [0.717, 1.165) is 17.4 Å². The Labute approximate surface area is 148 Å². The van der Waals surface area contributed by atoms with Gasteiger partial charge < -0.3 is 15.3 Å². The zero-order valence-corrected chi connectivity index (χ0v) is 15.4. The Kier molecular flexibility index (Phi) is 5.81. The molecular formula is C15H17NO5S3. The molecule has 9 heteroatoms. The Bertz CT molecular complexity index is 842. The summed E-state index contributed by atoms with van der Waals surface area (Å²) in [6, 6.07) is 4.26. The molecule has 6 nitrogen and oxygen atoms in total. The van der Waals surface area contributed by atoms with Crippen LogP contribution in [0.5, 0.6) is 11.5 Å². The number of sulfonamides is 1. The third-order valence-corrected chi connectivity index (χ3v) is 6.63. The maximum Gasteiger partial charge on any atom is 0.271 e. The van der Waals surface area contributed by atoms with E-state index >= 15 is 0 Å². The minimum atomic E-state index is -3.79. The van der Waals surface area contributed by atoms with Gasteiger partial charge in [0.15, 0.2) is 11.5 Å². The maximum atomic E-state index is 12.4. The Balaban J connectivity index is 2.55. The number of aliphatic hydroxyl groups is 1. The third-order valence-electron chi connectivity index (χ3n) is 3.02. The van der Waals surface area contributed by atoms with E-state index in [1.165, 1.54) is 36.9 Å². The van der Waals surface area contributed by atoms with Crippen LogP contribution in [0.2, 0.25) is 0 Å². The van der Waals surface area contributed by atoms with E-state index in [2.05, 4.69) is 4.72 Å². The average Bonchev–Trinajstić information content (AvgIpc) is 3.04. The van der Waals surface area contributed by atoms with Crippen molar-refractivity contribution in [3.8, 4) is 11.5 Å². The molecular weight excluding hydrogens is 370 g/mol. The van der Waals surface area contributed by atoms with Gasteiger partial charge in [-0.1, -0.05) is 18.2 Å². The van der Waals surface area contributed by atoms with Gasteiger partial charge in [0.2, 0.25) is 0 Å². The fourth-order valence-electron chi connectivity index (χ4n) is 1.96. The zero-order valence-electron chi connectivity index (χ0n) is 12.9. The molecule has 1 aromatic carbocycles. The normalized spacial score (nSPS) is 13.3. The summed E-state index contributed by atoms with van der Waals surface area (Å²) in [5.74, 6) is -0.836. The van der Waals surface area contributed by atoms with Gasteiger partial charge in [-0.3, -0.25) is 4.72 Å². The number of phenols is 2. The van der Waals surface area contributed by atoms with Crippen LogP contribution in [-0.4, -0.2) is 36.1 Å². The number of benzene rings is 1. The standard InChI is InChI=1S/C15H17NO5S3/c1-9(17)5-6-10-14(19)12(18)8-11(15(10)22-2)16-24(20,21)13-4-3-7-23-13/h3-9,16-19H,1-2H3/b6-5+. The van der Waals surface area contributed by atoms with Crippen LogP contribution in [0.4, 0.5) is 5.69 Å². The van der Waals surface area contributed by atoms with Crippen LogP contribution in [0.15, 0.2) is 38.8 Å². The molecule has 0 aliphatic heterocycles. The van der Waals surface area contributed by atoms with E-state index in [4.69, 9.17) is 0 Å². The first-order chi connectivity index (χ1) is 11.3. The lowest BCUT2D eigenvalue weighted by Crippen LogP contribution is -2.12. The van der Waals surface area contributed by atoms with Crippen molar-refractivity contribution >= 4 is 44.9 Å². The van der Waals surface area contributed by atoms with Crippen molar-refractivity contribution in [1.29, 1.82) is 0 Å². The van der Waals surface area contributed by atoms with E-state index in [1.54, 1.807) is 17.7 Å². The van der Waals surface area contributed by atoms with Crippen molar-refractivity contribution in [3.63, 3.8) is 0 Å². The number of aliphatic hydroxyl groups excluding tert-OH is 1. The molecule has 1 heterocycles. The average molecular weight is 388 g/mol. The first kappa shape index (κ1) is 18.7. The predicted octanol–water partition coefficient (Wildman–Crippen LogP) is 3.08. The molecule has 0 fully saturated rings. The van der Waals surface area contributed by atoms with Gasteiger partial charge in [0.1, 0.15) is 4.21 Å². The lowest BCUT2D eigenvalue weighted by molar-refractivity contribution is 0.245. The Morgan fingerprint density at radius 1 is 1.38 bits per heavy atom. The van der Waals surface area contributed by atoms with Crippen LogP contribution in [0.1, 0.15) is 12.5 Å². The second-order valence-electron chi connectivity index (χ2n) is 4.88. The number of thiophene rings is 1. The number of aromatic hydroxyl groups is 2. The van der Waals surface area contributed by atoms with Crippen molar-refractivity contribution in [2.45, 2.75) is 22.1 Å². The molecule has 0 saturated carbocycles. The molecule has 1 aromatic heterocycles. The fourth-order valence-corrected chi connectivity index (χ4v) is 4.79. The van der Waals surface area contributed by atoms with Crippen LogP contribution in [-0.2, 0) is 10.0 Å². The van der Waals surface area contributed by atoms with Gasteiger partial charge in [-0.05, 0) is 24.6 Å². The number of thioether (sulfide) groups is 1. The first-order valence-electron chi connectivity index (χ1n) is 6.81. The van der Waals surface area contributed by atoms with Crippen LogP contribution in [0.25, 0.3) is 6.08 Å². The van der Waals surface area contributed by atoms with Gasteiger partial charge in [-0.15, -0.1) is 23.1 Å². The van der Waals surface area contributed by atoms with Crippen LogP contribution in [0, 0.1) is 0 Å². The van der Waals surface area contributed by atoms with Crippen LogP contribution < -0.4 is 4.72 Å². The quantitative estimate of drug-likeness (QED) is 0.345. The number of anilines is 1. The molecule has 0 bridgehead atoms. The predicted molar refractivity (Wildman–Crippen MR) is 97.4 cm³/mol. The molecule has 1 unspecified atom stereocenters. The molecule has 1 atom stereocenters. The highest BCUT2D eigenvalue weighted by Crippen LogP contribution is 2.43. The van der Waals surface area contributed by atoms with E-state index < -0.39 is 21.9 Å². The zero-order chi connectivity index (χ0) is 17.9. The molecule has 4 N–H and O–H groups in total. The molecule has 24 heavy (non-hydrogen) atoms. The van der Waals surface area contributed by atoms with Gasteiger partial charge in [0.05, 0.1) is 11.8 Å². The summed E-state index contributed by atoms with van der Waals surface area (Å²) >= 11 is 2.28. The van der Waals surface area contributed by atoms with Crippen molar-refractivity contribution in [2.75, 3.05) is 11.0 Å². The highest BCUT2D eigenvalue weighted by molar-refractivity contribution is 7.99. The number of rotatable bonds is 6. The lowest BCUT2D eigenvalue weighted by Gasteiger charge is -2.15. The molecule has 0 spiro atoms. The van der Waals surface area contributed by atoms with E-state index in [1.807, 2.05) is 0 Å². The molecule has 0 radical (unpaired) electrons. The number of phenolic OH excluding ortho intramolecular Hbond substituents is 2. The topological polar surface area (TPSA) is 107 Å². The van der Waals surface area contributed by atoms with Gasteiger partial charge in [0, 0.05) is 16.5 Å². The largest absolute Gasteiger partial charge is 0.504 e. The summed E-state index contributed by atoms with van der Waals surface area (Å²) < 4.78 is 27.4. The maximum absolute atomic E-state index is 12.4. The number of nitrogens with one attached hydrogen (secondary N) is 1. The lowest BCUT2D eigenvalue weighted by atomic mass is 10.1. The van der Waals surface area contributed by atoms with E-state index in [0.29, 0.717) is 4.90 Å². The van der Waals surface area contributed by atoms with Gasteiger partial charge in [-0.25, -0.2) is 8.42 Å². The van der Waals surface area contributed by atoms with Gasteiger partial charge >= 0.3 is 0 Å². The van der Waals surface area contributed by atoms with Gasteiger partial charge in [-0.2, -0.15) is 0 Å². The fraction of sp³-hybridized carbons (Fsp3) is 0.200. The Hall–Kier alpha value is -1.68. The van der Waals surface area contributed by atoms with Crippen molar-refractivity contribution < 1.29 is 23.7 Å². The second-order valence-corrected chi connectivity index (χ2v) is 8.55. The number of hydrogen-bond donors (Lipinski definition) is 4. The molecule has 130 valence electrons. The van der Waals surface area contributed by atoms with Crippen molar-refractivity contribution in [2.24, 2.45) is 0 Å². The van der Waals surface area contributed by atoms with Gasteiger partial charge in [0.25, 0.3) is 10.0 Å². The molecule has 0 aliphatic rings. The van der Waals surface area contributed by atoms with E-state index in [-0.39, 0.29) is 21.2 Å². The summed E-state index contributed by atoms with van der Waals surface area (Å²) in [5, 5.41) is 31.0. The Morgan fingerprint density at radius 2 is 2.08 bits per heavy atom. The molecule has 2 rings (SSSR count). The summed E-state index contributed by atoms with van der Waals surface area (Å²) in [6.45, 7) is 1.54. The monoisotopic (exact) mass is 387 g/mol. The Morgan fingerprint density at radius 3 is 2.62 bits per heavy atom. The third kappa shape index (κ3) is 4.04. The highest BCUT2D eigenvalue weighted by atomic mass is 32.2.